The van der Waals surface area contributed by atoms with Crippen LogP contribution in [0.15, 0.2) is 0 Å². The van der Waals surface area contributed by atoms with E-state index in [1.54, 1.807) is 0 Å². The number of nitrogens with zero attached hydrogens (tertiary/aromatic N) is 1. The van der Waals surface area contributed by atoms with Crippen LogP contribution in [0.2, 0.25) is 0 Å². The summed E-state index contributed by atoms with van der Waals surface area (Å²) in [5.74, 6) is 0. The lowest BCUT2D eigenvalue weighted by atomic mass is 9.97. The van der Waals surface area contributed by atoms with Gasteiger partial charge in [0, 0.05) is 31.3 Å². The van der Waals surface area contributed by atoms with Crippen molar-refractivity contribution in [1.29, 1.82) is 0 Å². The minimum absolute atomic E-state index is 0.137. The average Bonchev–Trinajstić information content (AvgIpc) is 2.36. The number of rotatable bonds is 5. The third kappa shape index (κ3) is 6.22. The Morgan fingerprint density at radius 2 is 2.10 bits per heavy atom. The molecule has 1 N–H and O–H groups in total. The molecule has 0 aliphatic carbocycles. The van der Waals surface area contributed by atoms with Crippen molar-refractivity contribution in [3.63, 3.8) is 0 Å². The number of likely N-dealkylation sites (tertiary alicyclic amines) is 1. The van der Waals surface area contributed by atoms with E-state index in [-0.39, 0.29) is 18.2 Å². The van der Waals surface area contributed by atoms with Crippen molar-refractivity contribution in [2.24, 2.45) is 0 Å². The van der Waals surface area contributed by atoms with E-state index < -0.39 is 5.60 Å². The number of nitrogens with one attached hydrogen (secondary N) is 1. The molecule has 5 nitrogen and oxygen atoms in total. The summed E-state index contributed by atoms with van der Waals surface area (Å²) >= 11 is 0. The molecule has 21 heavy (non-hydrogen) atoms. The Kier molecular flexibility index (Phi) is 6.94. The van der Waals surface area contributed by atoms with E-state index in [1.807, 2.05) is 32.6 Å². The van der Waals surface area contributed by atoms with E-state index >= 15 is 0 Å². The lowest BCUT2D eigenvalue weighted by Gasteiger charge is -2.41. The van der Waals surface area contributed by atoms with Crippen LogP contribution in [0, 0.1) is 0 Å². The summed E-state index contributed by atoms with van der Waals surface area (Å²) in [4.78, 5) is 14.1. The molecule has 1 fully saturated rings. The van der Waals surface area contributed by atoms with E-state index in [9.17, 15) is 4.79 Å². The van der Waals surface area contributed by atoms with Gasteiger partial charge in [0.05, 0.1) is 6.61 Å². The monoisotopic (exact) mass is 300 g/mol. The van der Waals surface area contributed by atoms with Crippen molar-refractivity contribution >= 4 is 6.09 Å². The standard InChI is InChI=1S/C16H32N2O3/c1-7-20-11-12(2)17-14-9-8-10-18(13(14)3)15(19)21-16(4,5)6/h12-14,17H,7-11H2,1-6H3. The van der Waals surface area contributed by atoms with Gasteiger partial charge in [-0.25, -0.2) is 4.79 Å². The van der Waals surface area contributed by atoms with Crippen molar-refractivity contribution in [2.45, 2.75) is 78.1 Å². The predicted molar refractivity (Wildman–Crippen MR) is 84.5 cm³/mol. The maximum Gasteiger partial charge on any atom is 0.410 e. The van der Waals surface area contributed by atoms with E-state index in [0.29, 0.717) is 12.6 Å². The van der Waals surface area contributed by atoms with Crippen LogP contribution in [-0.2, 0) is 9.47 Å². The molecule has 0 radical (unpaired) electrons. The number of hydrogen-bond acceptors (Lipinski definition) is 4. The molecule has 3 unspecified atom stereocenters. The van der Waals surface area contributed by atoms with E-state index in [1.165, 1.54) is 0 Å². The quantitative estimate of drug-likeness (QED) is 0.848. The molecule has 0 aromatic heterocycles. The van der Waals surface area contributed by atoms with Gasteiger partial charge in [0.15, 0.2) is 0 Å². The van der Waals surface area contributed by atoms with Crippen LogP contribution in [0.3, 0.4) is 0 Å². The molecule has 1 heterocycles. The van der Waals surface area contributed by atoms with Crippen LogP contribution in [-0.4, -0.2) is 54.5 Å². The number of carbonyl (C=O) groups excluding carboxylic acids is 1. The average molecular weight is 300 g/mol. The third-order valence-corrected chi connectivity index (χ3v) is 3.69. The highest BCUT2D eigenvalue weighted by molar-refractivity contribution is 5.68. The molecular formula is C16H32N2O3. The van der Waals surface area contributed by atoms with E-state index in [4.69, 9.17) is 9.47 Å². The topological polar surface area (TPSA) is 50.8 Å². The number of piperidine rings is 1. The second-order valence-electron chi connectivity index (χ2n) is 6.89. The van der Waals surface area contributed by atoms with Gasteiger partial charge in [-0.2, -0.15) is 0 Å². The summed E-state index contributed by atoms with van der Waals surface area (Å²) < 4.78 is 10.9. The molecule has 0 spiro atoms. The zero-order chi connectivity index (χ0) is 16.0. The molecule has 1 amide bonds. The van der Waals surface area contributed by atoms with Crippen LogP contribution >= 0.6 is 0 Å². The fraction of sp³-hybridized carbons (Fsp3) is 0.938. The van der Waals surface area contributed by atoms with Gasteiger partial charge in [-0.15, -0.1) is 0 Å². The van der Waals surface area contributed by atoms with Crippen molar-refractivity contribution in [3.8, 4) is 0 Å². The SMILES string of the molecule is CCOCC(C)NC1CCCN(C(=O)OC(C)(C)C)C1C. The molecule has 1 aliphatic rings. The van der Waals surface area contributed by atoms with Crippen molar-refractivity contribution in [3.05, 3.63) is 0 Å². The lowest BCUT2D eigenvalue weighted by molar-refractivity contribution is 0.00543. The number of carbonyl (C=O) groups is 1. The highest BCUT2D eigenvalue weighted by Crippen LogP contribution is 2.21. The second-order valence-corrected chi connectivity index (χ2v) is 6.89. The number of ether oxygens (including phenoxy) is 2. The maximum absolute atomic E-state index is 12.3. The molecule has 1 rings (SSSR count). The van der Waals surface area contributed by atoms with Gasteiger partial charge in [-0.3, -0.25) is 0 Å². The Balaban J connectivity index is 2.55. The number of amides is 1. The van der Waals surface area contributed by atoms with Crippen LogP contribution in [0.1, 0.15) is 54.4 Å². The van der Waals surface area contributed by atoms with Gasteiger partial charge in [-0.05, 0) is 54.4 Å². The molecule has 5 heteroatoms. The molecule has 0 aromatic rings. The smallest absolute Gasteiger partial charge is 0.410 e. The first-order chi connectivity index (χ1) is 9.74. The van der Waals surface area contributed by atoms with Crippen molar-refractivity contribution in [2.75, 3.05) is 19.8 Å². The van der Waals surface area contributed by atoms with Crippen LogP contribution in [0.25, 0.3) is 0 Å². The fourth-order valence-electron chi connectivity index (χ4n) is 2.65. The normalized spacial score (nSPS) is 24.8. The van der Waals surface area contributed by atoms with Gasteiger partial charge in [0.25, 0.3) is 0 Å². The van der Waals surface area contributed by atoms with E-state index in [0.717, 1.165) is 26.0 Å². The Labute approximate surface area is 129 Å². The van der Waals surface area contributed by atoms with Crippen molar-refractivity contribution in [1.82, 2.24) is 10.2 Å². The zero-order valence-corrected chi connectivity index (χ0v) is 14.4. The summed E-state index contributed by atoms with van der Waals surface area (Å²) in [6.45, 7) is 14.1. The summed E-state index contributed by atoms with van der Waals surface area (Å²) in [6, 6.07) is 0.718. The molecule has 0 bridgehead atoms. The number of hydrogen-bond donors (Lipinski definition) is 1. The summed E-state index contributed by atoms with van der Waals surface area (Å²) in [5.41, 5.74) is -0.445. The highest BCUT2D eigenvalue weighted by Gasteiger charge is 2.34. The molecule has 124 valence electrons. The van der Waals surface area contributed by atoms with Gasteiger partial charge in [0.2, 0.25) is 0 Å². The molecule has 0 aromatic carbocycles. The van der Waals surface area contributed by atoms with Gasteiger partial charge in [0.1, 0.15) is 5.60 Å². The van der Waals surface area contributed by atoms with Gasteiger partial charge < -0.3 is 19.7 Å². The molecule has 1 aliphatic heterocycles. The maximum atomic E-state index is 12.3. The molecular weight excluding hydrogens is 268 g/mol. The van der Waals surface area contributed by atoms with Gasteiger partial charge in [-0.1, -0.05) is 0 Å². The fourth-order valence-corrected chi connectivity index (χ4v) is 2.65. The first-order valence-corrected chi connectivity index (χ1v) is 8.08. The Bertz CT molecular complexity index is 328. The lowest BCUT2D eigenvalue weighted by Crippen LogP contribution is -2.57. The third-order valence-electron chi connectivity index (χ3n) is 3.69. The molecule has 0 saturated carbocycles. The Morgan fingerprint density at radius 1 is 1.43 bits per heavy atom. The molecule has 3 atom stereocenters. The van der Waals surface area contributed by atoms with Crippen molar-refractivity contribution < 1.29 is 14.3 Å². The zero-order valence-electron chi connectivity index (χ0n) is 14.4. The first kappa shape index (κ1) is 18.2. The van der Waals surface area contributed by atoms with Crippen LogP contribution in [0.4, 0.5) is 4.79 Å². The highest BCUT2D eigenvalue weighted by atomic mass is 16.6. The first-order valence-electron chi connectivity index (χ1n) is 8.08. The summed E-state index contributed by atoms with van der Waals surface area (Å²) in [5, 5.41) is 3.58. The largest absolute Gasteiger partial charge is 0.444 e. The second kappa shape index (κ2) is 7.99. The molecule has 1 saturated heterocycles. The summed E-state index contributed by atoms with van der Waals surface area (Å²) in [6.07, 6.45) is 1.87. The van der Waals surface area contributed by atoms with E-state index in [2.05, 4.69) is 19.2 Å². The van der Waals surface area contributed by atoms with Crippen LogP contribution in [0.5, 0.6) is 0 Å². The minimum Gasteiger partial charge on any atom is -0.444 e. The minimum atomic E-state index is -0.445. The van der Waals surface area contributed by atoms with Crippen LogP contribution < -0.4 is 5.32 Å². The Hall–Kier alpha value is -0.810. The predicted octanol–water partition coefficient (Wildman–Crippen LogP) is 2.79. The summed E-state index contributed by atoms with van der Waals surface area (Å²) in [7, 11) is 0. The Morgan fingerprint density at radius 3 is 2.67 bits per heavy atom. The van der Waals surface area contributed by atoms with Gasteiger partial charge >= 0.3 is 6.09 Å².